The fourth-order valence-electron chi connectivity index (χ4n) is 2.84. The molecular weight excluding hydrogens is 306 g/mol. The zero-order chi connectivity index (χ0) is 15.5. The third kappa shape index (κ3) is 3.99. The Balaban J connectivity index is 2.21. The van der Waals surface area contributed by atoms with Gasteiger partial charge in [-0.25, -0.2) is 13.1 Å². The summed E-state index contributed by atoms with van der Waals surface area (Å²) in [7, 11) is -3.65. The second-order valence-corrected chi connectivity index (χ2v) is 7.60. The third-order valence-electron chi connectivity index (χ3n) is 3.98. The van der Waals surface area contributed by atoms with E-state index in [0.717, 1.165) is 25.7 Å². The van der Waals surface area contributed by atoms with Gasteiger partial charge in [-0.2, -0.15) is 0 Å². The zero-order valence-corrected chi connectivity index (χ0v) is 13.7. The molecule has 1 aliphatic carbocycles. The van der Waals surface area contributed by atoms with Crippen molar-refractivity contribution in [1.29, 1.82) is 0 Å². The Labute approximate surface area is 131 Å². The Bertz CT molecular complexity index is 616. The molecule has 21 heavy (non-hydrogen) atoms. The fourth-order valence-corrected chi connectivity index (χ4v) is 4.53. The van der Waals surface area contributed by atoms with Crippen molar-refractivity contribution in [3.8, 4) is 0 Å². The molecule has 0 amide bonds. The predicted octanol–water partition coefficient (Wildman–Crippen LogP) is 1.96. The van der Waals surface area contributed by atoms with Crippen LogP contribution in [-0.2, 0) is 10.0 Å². The summed E-state index contributed by atoms with van der Waals surface area (Å²) in [4.78, 5) is 4.04. The lowest BCUT2D eigenvalue weighted by Crippen LogP contribution is -2.39. The van der Waals surface area contributed by atoms with Gasteiger partial charge in [-0.3, -0.25) is 4.98 Å². The number of rotatable bonds is 5. The molecule has 0 spiro atoms. The summed E-state index contributed by atoms with van der Waals surface area (Å²) in [6, 6.07) is 3.05. The van der Waals surface area contributed by atoms with Gasteiger partial charge in [-0.1, -0.05) is 38.4 Å². The highest BCUT2D eigenvalue weighted by Crippen LogP contribution is 2.27. The molecule has 1 fully saturated rings. The minimum Gasteiger partial charge on any atom is -0.388 e. The minimum absolute atomic E-state index is 0.00828. The molecule has 0 saturated heterocycles. The van der Waals surface area contributed by atoms with Gasteiger partial charge >= 0.3 is 0 Å². The Morgan fingerprint density at radius 3 is 2.95 bits per heavy atom. The van der Waals surface area contributed by atoms with Gasteiger partial charge in [0.15, 0.2) is 0 Å². The first-order valence-electron chi connectivity index (χ1n) is 7.21. The topological polar surface area (TPSA) is 85.1 Å². The average Bonchev–Trinajstić information content (AvgIpc) is 2.47. The number of hydrogen-bond donors (Lipinski definition) is 2. The molecule has 0 aromatic carbocycles. The maximum absolute atomic E-state index is 12.6. The number of nitrogens with zero attached hydrogens (tertiary/aromatic N) is 1. The summed E-state index contributed by atoms with van der Waals surface area (Å²) in [6.45, 7) is 2.15. The van der Waals surface area contributed by atoms with Crippen LogP contribution in [0.4, 0.5) is 0 Å². The summed E-state index contributed by atoms with van der Waals surface area (Å²) >= 11 is 4.88. The normalized spacial score (nSPS) is 22.9. The second kappa shape index (κ2) is 6.81. The molecule has 116 valence electrons. The smallest absolute Gasteiger partial charge is 0.243 e. The van der Waals surface area contributed by atoms with E-state index in [9.17, 15) is 8.42 Å². The van der Waals surface area contributed by atoms with Crippen molar-refractivity contribution in [3.05, 3.63) is 24.0 Å². The molecule has 2 atom stereocenters. The average molecular weight is 327 g/mol. The Kier molecular flexibility index (Phi) is 5.29. The van der Waals surface area contributed by atoms with Crippen LogP contribution in [0.25, 0.3) is 0 Å². The first-order chi connectivity index (χ1) is 9.94. The van der Waals surface area contributed by atoms with Crippen molar-refractivity contribution in [2.75, 3.05) is 0 Å². The van der Waals surface area contributed by atoms with Crippen LogP contribution < -0.4 is 10.5 Å². The summed E-state index contributed by atoms with van der Waals surface area (Å²) in [5.41, 5.74) is 5.72. The van der Waals surface area contributed by atoms with Crippen molar-refractivity contribution >= 4 is 27.2 Å². The van der Waals surface area contributed by atoms with Crippen LogP contribution >= 0.6 is 12.2 Å². The lowest BCUT2D eigenvalue weighted by atomic mass is 9.85. The van der Waals surface area contributed by atoms with E-state index in [1.165, 1.54) is 18.7 Å². The van der Waals surface area contributed by atoms with E-state index in [2.05, 4.69) is 16.6 Å². The quantitative estimate of drug-likeness (QED) is 0.808. The molecule has 0 aliphatic heterocycles. The molecule has 1 heterocycles. The van der Waals surface area contributed by atoms with Gasteiger partial charge in [0.25, 0.3) is 0 Å². The Morgan fingerprint density at radius 2 is 2.29 bits per heavy atom. The summed E-state index contributed by atoms with van der Waals surface area (Å²) in [5.74, 6) is 0.593. The van der Waals surface area contributed by atoms with Crippen LogP contribution in [0.1, 0.15) is 44.7 Å². The highest BCUT2D eigenvalue weighted by molar-refractivity contribution is 7.89. The number of thiocarbonyl (C=S) groups is 1. The summed E-state index contributed by atoms with van der Waals surface area (Å²) < 4.78 is 27.9. The van der Waals surface area contributed by atoms with Crippen LogP contribution in [-0.4, -0.2) is 24.4 Å². The standard InChI is InChI=1S/C14H21N3O2S2/c1-2-10-5-3-6-11(9-10)17-21(18,19)12-7-4-8-16-13(12)14(15)20/h4,7-8,10-11,17H,2-3,5-6,9H2,1H3,(H2,15,20). The van der Waals surface area contributed by atoms with Gasteiger partial charge in [0.2, 0.25) is 10.0 Å². The zero-order valence-electron chi connectivity index (χ0n) is 12.1. The van der Waals surface area contributed by atoms with E-state index in [4.69, 9.17) is 18.0 Å². The van der Waals surface area contributed by atoms with Crippen molar-refractivity contribution in [3.63, 3.8) is 0 Å². The SMILES string of the molecule is CCC1CCCC(NS(=O)(=O)c2cccnc2C(N)=S)C1. The van der Waals surface area contributed by atoms with E-state index < -0.39 is 10.0 Å². The number of sulfonamides is 1. The van der Waals surface area contributed by atoms with Crippen LogP contribution in [0.15, 0.2) is 23.2 Å². The van der Waals surface area contributed by atoms with Crippen LogP contribution in [0, 0.1) is 5.92 Å². The largest absolute Gasteiger partial charge is 0.388 e. The molecule has 1 aromatic heterocycles. The number of nitrogens with one attached hydrogen (secondary N) is 1. The van der Waals surface area contributed by atoms with Crippen molar-refractivity contribution in [2.45, 2.75) is 50.0 Å². The van der Waals surface area contributed by atoms with E-state index in [1.807, 2.05) is 0 Å². The molecule has 1 aliphatic rings. The lowest BCUT2D eigenvalue weighted by molar-refractivity contribution is 0.301. The van der Waals surface area contributed by atoms with Crippen LogP contribution in [0.3, 0.4) is 0 Å². The number of hydrogen-bond acceptors (Lipinski definition) is 4. The fraction of sp³-hybridized carbons (Fsp3) is 0.571. The van der Waals surface area contributed by atoms with Crippen molar-refractivity contribution in [2.24, 2.45) is 11.7 Å². The number of pyridine rings is 1. The Hall–Kier alpha value is -1.05. The number of nitrogens with two attached hydrogens (primary N) is 1. The van der Waals surface area contributed by atoms with Gasteiger partial charge in [-0.15, -0.1) is 0 Å². The first-order valence-corrected chi connectivity index (χ1v) is 9.10. The first kappa shape index (κ1) is 16.3. The lowest BCUT2D eigenvalue weighted by Gasteiger charge is -2.29. The molecule has 2 rings (SSSR count). The minimum atomic E-state index is -3.65. The third-order valence-corrected chi connectivity index (χ3v) is 5.72. The predicted molar refractivity (Wildman–Crippen MR) is 86.5 cm³/mol. The van der Waals surface area contributed by atoms with E-state index in [1.54, 1.807) is 6.07 Å². The highest BCUT2D eigenvalue weighted by atomic mass is 32.2. The molecule has 3 N–H and O–H groups in total. The van der Waals surface area contributed by atoms with Crippen molar-refractivity contribution < 1.29 is 8.42 Å². The number of aromatic nitrogens is 1. The van der Waals surface area contributed by atoms with Crippen LogP contribution in [0.2, 0.25) is 0 Å². The molecule has 2 unspecified atom stereocenters. The molecule has 1 aromatic rings. The summed E-state index contributed by atoms with van der Waals surface area (Å²) in [6.07, 6.45) is 6.57. The maximum atomic E-state index is 12.6. The van der Waals surface area contributed by atoms with Gasteiger partial charge in [0, 0.05) is 12.2 Å². The molecule has 0 radical (unpaired) electrons. The second-order valence-electron chi connectivity index (χ2n) is 5.47. The highest BCUT2D eigenvalue weighted by Gasteiger charge is 2.27. The van der Waals surface area contributed by atoms with Gasteiger partial charge < -0.3 is 5.73 Å². The molecular formula is C14H21N3O2S2. The maximum Gasteiger partial charge on any atom is 0.243 e. The van der Waals surface area contributed by atoms with E-state index in [0.29, 0.717) is 5.92 Å². The van der Waals surface area contributed by atoms with Gasteiger partial charge in [-0.05, 0) is 30.9 Å². The van der Waals surface area contributed by atoms with E-state index in [-0.39, 0.29) is 21.6 Å². The molecule has 5 nitrogen and oxygen atoms in total. The van der Waals surface area contributed by atoms with E-state index >= 15 is 0 Å². The molecule has 7 heteroatoms. The van der Waals surface area contributed by atoms with Gasteiger partial charge in [0.1, 0.15) is 15.6 Å². The summed E-state index contributed by atoms with van der Waals surface area (Å²) in [5, 5.41) is 0. The van der Waals surface area contributed by atoms with Crippen molar-refractivity contribution in [1.82, 2.24) is 9.71 Å². The van der Waals surface area contributed by atoms with Crippen LogP contribution in [0.5, 0.6) is 0 Å². The molecule has 0 bridgehead atoms. The molecule has 1 saturated carbocycles. The van der Waals surface area contributed by atoms with Gasteiger partial charge in [0.05, 0.1) is 0 Å². The Morgan fingerprint density at radius 1 is 1.52 bits per heavy atom. The monoisotopic (exact) mass is 327 g/mol.